The quantitative estimate of drug-likeness (QED) is 0.908. The summed E-state index contributed by atoms with van der Waals surface area (Å²) in [5, 5.41) is 5.12. The molecule has 90 valence electrons. The summed E-state index contributed by atoms with van der Waals surface area (Å²) in [6.45, 7) is 6.02. The van der Waals surface area contributed by atoms with E-state index >= 15 is 0 Å². The first-order valence-corrected chi connectivity index (χ1v) is 6.83. The maximum atomic E-state index is 5.99. The van der Waals surface area contributed by atoms with Crippen LogP contribution in [0.15, 0.2) is 24.3 Å². The molecule has 0 spiro atoms. The van der Waals surface area contributed by atoms with E-state index in [-0.39, 0.29) is 0 Å². The van der Waals surface area contributed by atoms with Gasteiger partial charge in [-0.05, 0) is 25.6 Å². The number of halogens is 1. The SMILES string of the molecule is CCNCc1sc(-c2cccc(Cl)c2)nc1C. The molecule has 1 N–H and O–H groups in total. The van der Waals surface area contributed by atoms with Crippen molar-refractivity contribution in [2.24, 2.45) is 0 Å². The fraction of sp³-hybridized carbons (Fsp3) is 0.308. The molecule has 0 unspecified atom stereocenters. The van der Waals surface area contributed by atoms with Crippen molar-refractivity contribution >= 4 is 22.9 Å². The minimum Gasteiger partial charge on any atom is -0.312 e. The standard InChI is InChI=1S/C13H15ClN2S/c1-3-15-8-12-9(2)16-13(17-12)10-5-4-6-11(14)7-10/h4-7,15H,3,8H2,1-2H3. The van der Waals surface area contributed by atoms with E-state index in [1.807, 2.05) is 24.3 Å². The van der Waals surface area contributed by atoms with Gasteiger partial charge >= 0.3 is 0 Å². The van der Waals surface area contributed by atoms with E-state index in [1.54, 1.807) is 11.3 Å². The lowest BCUT2D eigenvalue weighted by molar-refractivity contribution is 0.731. The number of aryl methyl sites for hydroxylation is 1. The van der Waals surface area contributed by atoms with Gasteiger partial charge in [0.2, 0.25) is 0 Å². The van der Waals surface area contributed by atoms with Crippen LogP contribution in [0.1, 0.15) is 17.5 Å². The van der Waals surface area contributed by atoms with E-state index < -0.39 is 0 Å². The Bertz CT molecular complexity index is 508. The highest BCUT2D eigenvalue weighted by atomic mass is 35.5. The summed E-state index contributed by atoms with van der Waals surface area (Å²) in [5.41, 5.74) is 2.19. The zero-order chi connectivity index (χ0) is 12.3. The van der Waals surface area contributed by atoms with Crippen LogP contribution >= 0.6 is 22.9 Å². The van der Waals surface area contributed by atoms with Crippen LogP contribution < -0.4 is 5.32 Å². The van der Waals surface area contributed by atoms with Gasteiger partial charge in [-0.2, -0.15) is 0 Å². The summed E-state index contributed by atoms with van der Waals surface area (Å²) in [6, 6.07) is 7.83. The van der Waals surface area contributed by atoms with Crippen LogP contribution in [-0.2, 0) is 6.54 Å². The van der Waals surface area contributed by atoms with Gasteiger partial charge in [-0.25, -0.2) is 4.98 Å². The highest BCUT2D eigenvalue weighted by molar-refractivity contribution is 7.15. The molecule has 1 heterocycles. The Labute approximate surface area is 111 Å². The summed E-state index contributed by atoms with van der Waals surface area (Å²) in [6.07, 6.45) is 0. The van der Waals surface area contributed by atoms with Crippen LogP contribution in [0.25, 0.3) is 10.6 Å². The Morgan fingerprint density at radius 1 is 1.41 bits per heavy atom. The number of thiazole rings is 1. The molecule has 2 rings (SSSR count). The molecule has 0 bridgehead atoms. The van der Waals surface area contributed by atoms with Crippen molar-refractivity contribution < 1.29 is 0 Å². The van der Waals surface area contributed by atoms with Gasteiger partial charge in [0.25, 0.3) is 0 Å². The number of aromatic nitrogens is 1. The Balaban J connectivity index is 2.28. The summed E-state index contributed by atoms with van der Waals surface area (Å²) in [4.78, 5) is 5.89. The van der Waals surface area contributed by atoms with E-state index in [1.165, 1.54) is 4.88 Å². The van der Waals surface area contributed by atoms with Crippen molar-refractivity contribution in [1.82, 2.24) is 10.3 Å². The largest absolute Gasteiger partial charge is 0.312 e. The van der Waals surface area contributed by atoms with E-state index in [2.05, 4.69) is 24.1 Å². The van der Waals surface area contributed by atoms with Crippen LogP contribution in [0.4, 0.5) is 0 Å². The van der Waals surface area contributed by atoms with E-state index in [0.717, 1.165) is 34.4 Å². The Hall–Kier alpha value is -0.900. The molecule has 2 nitrogen and oxygen atoms in total. The fourth-order valence-electron chi connectivity index (χ4n) is 1.58. The normalized spacial score (nSPS) is 10.8. The van der Waals surface area contributed by atoms with E-state index in [4.69, 9.17) is 11.6 Å². The zero-order valence-corrected chi connectivity index (χ0v) is 11.5. The summed E-state index contributed by atoms with van der Waals surface area (Å²) in [5.74, 6) is 0. The van der Waals surface area contributed by atoms with Crippen LogP contribution in [0.2, 0.25) is 5.02 Å². The van der Waals surface area contributed by atoms with Crippen molar-refractivity contribution in [3.05, 3.63) is 39.9 Å². The van der Waals surface area contributed by atoms with Crippen LogP contribution in [0.3, 0.4) is 0 Å². The number of nitrogens with zero attached hydrogens (tertiary/aromatic N) is 1. The minimum absolute atomic E-state index is 0.753. The molecule has 0 atom stereocenters. The molecular formula is C13H15ClN2S. The number of hydrogen-bond acceptors (Lipinski definition) is 3. The minimum atomic E-state index is 0.753. The number of rotatable bonds is 4. The first-order chi connectivity index (χ1) is 8.20. The van der Waals surface area contributed by atoms with Gasteiger partial charge < -0.3 is 5.32 Å². The molecule has 1 aromatic carbocycles. The summed E-state index contributed by atoms with van der Waals surface area (Å²) in [7, 11) is 0. The van der Waals surface area contributed by atoms with Crippen LogP contribution in [-0.4, -0.2) is 11.5 Å². The molecule has 0 aliphatic heterocycles. The van der Waals surface area contributed by atoms with Gasteiger partial charge in [0, 0.05) is 22.0 Å². The van der Waals surface area contributed by atoms with Gasteiger partial charge in [0.15, 0.2) is 0 Å². The van der Waals surface area contributed by atoms with Crippen molar-refractivity contribution in [2.75, 3.05) is 6.54 Å². The van der Waals surface area contributed by atoms with Gasteiger partial charge in [-0.15, -0.1) is 11.3 Å². The number of benzene rings is 1. The fourth-order valence-corrected chi connectivity index (χ4v) is 2.79. The highest BCUT2D eigenvalue weighted by Gasteiger charge is 2.08. The number of nitrogens with one attached hydrogen (secondary N) is 1. The third-order valence-corrected chi connectivity index (χ3v) is 3.94. The lowest BCUT2D eigenvalue weighted by Gasteiger charge is -1.97. The molecule has 0 aliphatic carbocycles. The van der Waals surface area contributed by atoms with Crippen LogP contribution in [0, 0.1) is 6.92 Å². The molecule has 0 fully saturated rings. The first-order valence-electron chi connectivity index (χ1n) is 5.63. The van der Waals surface area contributed by atoms with Crippen molar-refractivity contribution in [3.8, 4) is 10.6 Å². The van der Waals surface area contributed by atoms with Gasteiger partial charge in [0.1, 0.15) is 5.01 Å². The highest BCUT2D eigenvalue weighted by Crippen LogP contribution is 2.29. The predicted molar refractivity (Wildman–Crippen MR) is 74.7 cm³/mol. The second kappa shape index (κ2) is 5.63. The maximum Gasteiger partial charge on any atom is 0.123 e. The molecule has 0 saturated heterocycles. The zero-order valence-electron chi connectivity index (χ0n) is 9.96. The lowest BCUT2D eigenvalue weighted by Crippen LogP contribution is -2.11. The molecule has 0 amide bonds. The van der Waals surface area contributed by atoms with E-state index in [9.17, 15) is 0 Å². The summed E-state index contributed by atoms with van der Waals surface area (Å²) < 4.78 is 0. The monoisotopic (exact) mass is 266 g/mol. The topological polar surface area (TPSA) is 24.9 Å². The lowest BCUT2D eigenvalue weighted by atomic mass is 10.2. The third-order valence-electron chi connectivity index (χ3n) is 2.50. The molecule has 4 heteroatoms. The second-order valence-electron chi connectivity index (χ2n) is 3.82. The Morgan fingerprint density at radius 3 is 2.94 bits per heavy atom. The van der Waals surface area contributed by atoms with Crippen molar-refractivity contribution in [3.63, 3.8) is 0 Å². The predicted octanol–water partition coefficient (Wildman–Crippen LogP) is 3.88. The molecule has 0 aliphatic rings. The molecule has 1 aromatic heterocycles. The molecule has 0 radical (unpaired) electrons. The van der Waals surface area contributed by atoms with Gasteiger partial charge in [-0.1, -0.05) is 30.7 Å². The Kier molecular flexibility index (Phi) is 4.15. The van der Waals surface area contributed by atoms with Crippen molar-refractivity contribution in [2.45, 2.75) is 20.4 Å². The molecule has 17 heavy (non-hydrogen) atoms. The molecule has 0 saturated carbocycles. The maximum absolute atomic E-state index is 5.99. The van der Waals surface area contributed by atoms with E-state index in [0.29, 0.717) is 0 Å². The smallest absolute Gasteiger partial charge is 0.123 e. The Morgan fingerprint density at radius 2 is 2.24 bits per heavy atom. The first kappa shape index (κ1) is 12.6. The molecular weight excluding hydrogens is 252 g/mol. The van der Waals surface area contributed by atoms with Gasteiger partial charge in [-0.3, -0.25) is 0 Å². The number of hydrogen-bond donors (Lipinski definition) is 1. The van der Waals surface area contributed by atoms with Crippen molar-refractivity contribution in [1.29, 1.82) is 0 Å². The second-order valence-corrected chi connectivity index (χ2v) is 5.34. The third kappa shape index (κ3) is 3.06. The summed E-state index contributed by atoms with van der Waals surface area (Å²) >= 11 is 7.72. The average molecular weight is 267 g/mol. The average Bonchev–Trinajstić information content (AvgIpc) is 2.68. The van der Waals surface area contributed by atoms with Gasteiger partial charge in [0.05, 0.1) is 5.69 Å². The van der Waals surface area contributed by atoms with Crippen LogP contribution in [0.5, 0.6) is 0 Å². The molecule has 2 aromatic rings.